The van der Waals surface area contributed by atoms with Crippen LogP contribution >= 0.6 is 0 Å². The number of hydrogen-bond donors (Lipinski definition) is 0. The second kappa shape index (κ2) is 9.96. The molecule has 0 fully saturated rings. The number of methoxy groups -OCH3 is 1. The van der Waals surface area contributed by atoms with Crippen LogP contribution in [0.25, 0.3) is 11.0 Å². The molecule has 3 aromatic rings. The summed E-state index contributed by atoms with van der Waals surface area (Å²) in [7, 11) is 1.62. The van der Waals surface area contributed by atoms with Crippen molar-refractivity contribution in [3.05, 3.63) is 69.6 Å². The smallest absolute Gasteiger partial charge is 0.336 e. The van der Waals surface area contributed by atoms with Crippen LogP contribution in [0.4, 0.5) is 0 Å². The van der Waals surface area contributed by atoms with E-state index < -0.39 is 5.63 Å². The number of hydrogen-bond acceptors (Lipinski definition) is 6. The quantitative estimate of drug-likeness (QED) is 0.380. The van der Waals surface area contributed by atoms with Gasteiger partial charge in [-0.2, -0.15) is 0 Å². The first kappa shape index (κ1) is 21.4. The standard InChI is InChI=1S/C24H26O6/c1-4-11-28-23(25)10-7-18-13-20-16(2)12-24(26)30-22(20)14-21(18)29-15-17-5-8-19(27-3)9-6-17/h5-6,8-9,12-14H,4,7,10-11,15H2,1-3H3. The highest BCUT2D eigenvalue weighted by atomic mass is 16.5. The molecule has 0 aliphatic rings. The van der Waals surface area contributed by atoms with Crippen LogP contribution in [0.2, 0.25) is 0 Å². The van der Waals surface area contributed by atoms with Gasteiger partial charge in [-0.3, -0.25) is 4.79 Å². The summed E-state index contributed by atoms with van der Waals surface area (Å²) in [4.78, 5) is 23.7. The number of esters is 1. The third-order valence-corrected chi connectivity index (χ3v) is 4.75. The van der Waals surface area contributed by atoms with E-state index >= 15 is 0 Å². The van der Waals surface area contributed by atoms with E-state index in [9.17, 15) is 9.59 Å². The maximum atomic E-state index is 12.0. The Morgan fingerprint density at radius 3 is 2.57 bits per heavy atom. The molecule has 1 aromatic heterocycles. The van der Waals surface area contributed by atoms with Crippen LogP contribution < -0.4 is 15.1 Å². The summed E-state index contributed by atoms with van der Waals surface area (Å²) in [5.74, 6) is 1.11. The van der Waals surface area contributed by atoms with Crippen molar-refractivity contribution in [1.82, 2.24) is 0 Å². The van der Waals surface area contributed by atoms with Crippen LogP contribution in [0.5, 0.6) is 11.5 Å². The molecule has 6 nitrogen and oxygen atoms in total. The minimum absolute atomic E-state index is 0.241. The molecule has 0 N–H and O–H groups in total. The molecule has 0 amide bonds. The largest absolute Gasteiger partial charge is 0.497 e. The maximum Gasteiger partial charge on any atom is 0.336 e. The van der Waals surface area contributed by atoms with E-state index in [0.29, 0.717) is 31.0 Å². The monoisotopic (exact) mass is 410 g/mol. The number of carbonyl (C=O) groups excluding carboxylic acids is 1. The lowest BCUT2D eigenvalue weighted by Crippen LogP contribution is -2.08. The van der Waals surface area contributed by atoms with Gasteiger partial charge in [-0.25, -0.2) is 4.79 Å². The Kier molecular flexibility index (Phi) is 7.12. The van der Waals surface area contributed by atoms with Gasteiger partial charge in [0.2, 0.25) is 0 Å². The highest BCUT2D eigenvalue weighted by molar-refractivity contribution is 5.83. The zero-order valence-electron chi connectivity index (χ0n) is 17.5. The van der Waals surface area contributed by atoms with Crippen LogP contribution in [-0.4, -0.2) is 19.7 Å². The Balaban J connectivity index is 1.86. The van der Waals surface area contributed by atoms with Gasteiger partial charge in [0.05, 0.1) is 13.7 Å². The van der Waals surface area contributed by atoms with E-state index in [4.69, 9.17) is 18.6 Å². The minimum Gasteiger partial charge on any atom is -0.497 e. The van der Waals surface area contributed by atoms with Gasteiger partial charge in [0.25, 0.3) is 0 Å². The molecule has 0 saturated carbocycles. The number of rotatable bonds is 9. The molecule has 0 saturated heterocycles. The van der Waals surface area contributed by atoms with E-state index in [1.165, 1.54) is 6.07 Å². The number of carbonyl (C=O) groups is 1. The first-order chi connectivity index (χ1) is 14.5. The zero-order valence-corrected chi connectivity index (χ0v) is 17.5. The van der Waals surface area contributed by atoms with Gasteiger partial charge < -0.3 is 18.6 Å². The van der Waals surface area contributed by atoms with Crippen LogP contribution in [0.15, 0.2) is 51.7 Å². The van der Waals surface area contributed by atoms with E-state index in [0.717, 1.165) is 34.2 Å². The first-order valence-corrected chi connectivity index (χ1v) is 9.99. The number of fused-ring (bicyclic) bond motifs is 1. The van der Waals surface area contributed by atoms with E-state index in [1.54, 1.807) is 13.2 Å². The van der Waals surface area contributed by atoms with Crippen molar-refractivity contribution >= 4 is 16.9 Å². The maximum absolute atomic E-state index is 12.0. The number of benzene rings is 2. The lowest BCUT2D eigenvalue weighted by atomic mass is 10.0. The third kappa shape index (κ3) is 5.41. The molecule has 0 radical (unpaired) electrons. The summed E-state index contributed by atoms with van der Waals surface area (Å²) in [6, 6.07) is 12.7. The molecule has 0 bridgehead atoms. The summed E-state index contributed by atoms with van der Waals surface area (Å²) < 4.78 is 21.8. The van der Waals surface area contributed by atoms with Gasteiger partial charge >= 0.3 is 11.6 Å². The van der Waals surface area contributed by atoms with Gasteiger partial charge in [-0.05, 0) is 54.7 Å². The van der Waals surface area contributed by atoms with Gasteiger partial charge in [-0.15, -0.1) is 0 Å². The number of ether oxygens (including phenoxy) is 3. The summed E-state index contributed by atoms with van der Waals surface area (Å²) in [6.07, 6.45) is 1.51. The highest BCUT2D eigenvalue weighted by Gasteiger charge is 2.13. The molecule has 0 unspecified atom stereocenters. The molecule has 2 aromatic carbocycles. The molecule has 158 valence electrons. The number of aryl methyl sites for hydroxylation is 2. The third-order valence-electron chi connectivity index (χ3n) is 4.75. The van der Waals surface area contributed by atoms with Crippen molar-refractivity contribution in [3.8, 4) is 11.5 Å². The molecule has 0 atom stereocenters. The fourth-order valence-electron chi connectivity index (χ4n) is 3.13. The lowest BCUT2D eigenvalue weighted by molar-refractivity contribution is -0.143. The predicted molar refractivity (Wildman–Crippen MR) is 114 cm³/mol. The van der Waals surface area contributed by atoms with Gasteiger partial charge in [-0.1, -0.05) is 19.1 Å². The lowest BCUT2D eigenvalue weighted by Gasteiger charge is -2.14. The topological polar surface area (TPSA) is 75.0 Å². The van der Waals surface area contributed by atoms with Crippen molar-refractivity contribution in [1.29, 1.82) is 0 Å². The van der Waals surface area contributed by atoms with Crippen LogP contribution in [0.3, 0.4) is 0 Å². The summed E-state index contributed by atoms with van der Waals surface area (Å²) in [6.45, 7) is 4.56. The Bertz CT molecular complexity index is 1070. The molecular weight excluding hydrogens is 384 g/mol. The van der Waals surface area contributed by atoms with Crippen molar-refractivity contribution in [2.45, 2.75) is 39.7 Å². The van der Waals surface area contributed by atoms with E-state index in [1.807, 2.05) is 44.2 Å². The second-order valence-electron chi connectivity index (χ2n) is 7.06. The minimum atomic E-state index is -0.406. The Hall–Kier alpha value is -3.28. The average Bonchev–Trinajstić information content (AvgIpc) is 2.75. The van der Waals surface area contributed by atoms with Crippen LogP contribution in [0, 0.1) is 6.92 Å². The molecule has 0 aliphatic carbocycles. The predicted octanol–water partition coefficient (Wildman–Crippen LogP) is 4.57. The molecular formula is C24H26O6. The normalized spacial score (nSPS) is 10.8. The summed E-state index contributed by atoms with van der Waals surface area (Å²) in [5, 5.41) is 0.823. The highest BCUT2D eigenvalue weighted by Crippen LogP contribution is 2.29. The van der Waals surface area contributed by atoms with Crippen LogP contribution in [-0.2, 0) is 22.6 Å². The van der Waals surface area contributed by atoms with E-state index in [-0.39, 0.29) is 12.4 Å². The van der Waals surface area contributed by atoms with Crippen LogP contribution in [0.1, 0.15) is 36.5 Å². The molecule has 3 rings (SSSR count). The molecule has 0 spiro atoms. The Labute approximate surface area is 175 Å². The average molecular weight is 410 g/mol. The first-order valence-electron chi connectivity index (χ1n) is 9.99. The van der Waals surface area contributed by atoms with Gasteiger partial charge in [0, 0.05) is 23.9 Å². The Morgan fingerprint density at radius 1 is 1.10 bits per heavy atom. The fraction of sp³-hybridized carbons (Fsp3) is 0.333. The molecule has 1 heterocycles. The molecule has 30 heavy (non-hydrogen) atoms. The van der Waals surface area contributed by atoms with Crippen molar-refractivity contribution in [2.24, 2.45) is 0 Å². The molecule has 6 heteroatoms. The van der Waals surface area contributed by atoms with Crippen molar-refractivity contribution < 1.29 is 23.4 Å². The fourth-order valence-corrected chi connectivity index (χ4v) is 3.13. The summed E-state index contributed by atoms with van der Waals surface area (Å²) in [5.41, 5.74) is 2.70. The second-order valence-corrected chi connectivity index (χ2v) is 7.06. The van der Waals surface area contributed by atoms with Gasteiger partial charge in [0.1, 0.15) is 23.7 Å². The van der Waals surface area contributed by atoms with Crippen molar-refractivity contribution in [3.63, 3.8) is 0 Å². The van der Waals surface area contributed by atoms with Crippen molar-refractivity contribution in [2.75, 3.05) is 13.7 Å². The zero-order chi connectivity index (χ0) is 21.5. The SMILES string of the molecule is CCCOC(=O)CCc1cc2c(C)cc(=O)oc2cc1OCc1ccc(OC)cc1. The Morgan fingerprint density at radius 2 is 1.87 bits per heavy atom. The van der Waals surface area contributed by atoms with Gasteiger partial charge in [0.15, 0.2) is 0 Å². The van der Waals surface area contributed by atoms with E-state index in [2.05, 4.69) is 0 Å². The molecule has 0 aliphatic heterocycles. The summed E-state index contributed by atoms with van der Waals surface area (Å²) >= 11 is 0.